The molecule has 2 aromatic rings. The van der Waals surface area contributed by atoms with Crippen molar-refractivity contribution in [1.29, 1.82) is 0 Å². The fraction of sp³-hybridized carbons (Fsp3) is 0.278. The topological polar surface area (TPSA) is 61.8 Å². The minimum Gasteiger partial charge on any atom is -0.492 e. The van der Waals surface area contributed by atoms with Crippen molar-refractivity contribution in [3.8, 4) is 5.75 Å². The van der Waals surface area contributed by atoms with Crippen LogP contribution in [0.4, 0.5) is 0 Å². The molecule has 0 aliphatic carbocycles. The van der Waals surface area contributed by atoms with Gasteiger partial charge in [-0.1, -0.05) is 30.3 Å². The molecule has 0 saturated carbocycles. The lowest BCUT2D eigenvalue weighted by Crippen LogP contribution is -2.32. The number of carbonyl (C=O) groups excluding carboxylic acids is 1. The number of rotatable bonds is 3. The quantitative estimate of drug-likeness (QED) is 0.674. The normalized spacial score (nSPS) is 15.0. The van der Waals surface area contributed by atoms with E-state index in [4.69, 9.17) is 9.94 Å². The van der Waals surface area contributed by atoms with Gasteiger partial charge in [0.15, 0.2) is 0 Å². The Balaban J connectivity index is 1.72. The molecule has 1 aliphatic rings. The fourth-order valence-electron chi connectivity index (χ4n) is 2.80. The molecule has 0 radical (unpaired) electrons. The van der Waals surface area contributed by atoms with E-state index in [9.17, 15) is 4.79 Å². The lowest BCUT2D eigenvalue weighted by Gasteiger charge is -2.26. The van der Waals surface area contributed by atoms with Crippen molar-refractivity contribution in [2.45, 2.75) is 13.0 Å². The molecule has 120 valence electrons. The Bertz CT molecular complexity index is 673. The number of hydrogen-bond acceptors (Lipinski definition) is 4. The van der Waals surface area contributed by atoms with Crippen LogP contribution in [-0.4, -0.2) is 35.7 Å². The van der Waals surface area contributed by atoms with Gasteiger partial charge in [-0.05, 0) is 35.7 Å². The van der Waals surface area contributed by atoms with Gasteiger partial charge in [-0.2, -0.15) is 0 Å². The average Bonchev–Trinajstić information content (AvgIpc) is 2.58. The van der Waals surface area contributed by atoms with E-state index >= 15 is 0 Å². The molecule has 0 aromatic heterocycles. The lowest BCUT2D eigenvalue weighted by atomic mass is 10.1. The van der Waals surface area contributed by atoms with E-state index in [1.165, 1.54) is 5.56 Å². The molecule has 2 N–H and O–H groups in total. The van der Waals surface area contributed by atoms with Gasteiger partial charge >= 0.3 is 0 Å². The van der Waals surface area contributed by atoms with Crippen LogP contribution in [0.3, 0.4) is 0 Å². The van der Waals surface area contributed by atoms with Crippen LogP contribution in [-0.2, 0) is 13.0 Å². The summed E-state index contributed by atoms with van der Waals surface area (Å²) in [7, 11) is 0. The third kappa shape index (κ3) is 3.88. The van der Waals surface area contributed by atoms with Crippen LogP contribution in [0.5, 0.6) is 5.75 Å². The van der Waals surface area contributed by atoms with Crippen molar-refractivity contribution in [2.75, 3.05) is 19.7 Å². The van der Waals surface area contributed by atoms with Crippen LogP contribution in [0.2, 0.25) is 0 Å². The van der Waals surface area contributed by atoms with Crippen LogP contribution >= 0.6 is 0 Å². The Morgan fingerprint density at radius 3 is 2.78 bits per heavy atom. The van der Waals surface area contributed by atoms with Crippen molar-refractivity contribution in [2.24, 2.45) is 0 Å². The van der Waals surface area contributed by atoms with Gasteiger partial charge in [0, 0.05) is 25.2 Å². The molecule has 2 aromatic carbocycles. The first-order chi connectivity index (χ1) is 11.3. The zero-order chi connectivity index (χ0) is 16.1. The van der Waals surface area contributed by atoms with Gasteiger partial charge in [-0.3, -0.25) is 14.9 Å². The van der Waals surface area contributed by atoms with Crippen LogP contribution in [0, 0.1) is 0 Å². The molecule has 0 atom stereocenters. The van der Waals surface area contributed by atoms with Gasteiger partial charge in [0.25, 0.3) is 5.91 Å². The van der Waals surface area contributed by atoms with Gasteiger partial charge in [0.1, 0.15) is 12.4 Å². The highest BCUT2D eigenvalue weighted by molar-refractivity contribution is 5.93. The molecule has 0 bridgehead atoms. The summed E-state index contributed by atoms with van der Waals surface area (Å²) in [6.45, 7) is 3.27. The van der Waals surface area contributed by atoms with E-state index in [1.54, 1.807) is 23.7 Å². The van der Waals surface area contributed by atoms with E-state index in [-0.39, 0.29) is 0 Å². The third-order valence-electron chi connectivity index (χ3n) is 4.04. The zero-order valence-corrected chi connectivity index (χ0v) is 12.9. The molecular formula is C18H20N2O3. The van der Waals surface area contributed by atoms with Crippen molar-refractivity contribution in [3.63, 3.8) is 0 Å². The Kier molecular flexibility index (Phi) is 4.90. The summed E-state index contributed by atoms with van der Waals surface area (Å²) in [5.74, 6) is 0.315. The van der Waals surface area contributed by atoms with Gasteiger partial charge in [-0.25, -0.2) is 5.48 Å². The lowest BCUT2D eigenvalue weighted by molar-refractivity contribution is 0.0706. The molecule has 5 nitrogen and oxygen atoms in total. The van der Waals surface area contributed by atoms with Crippen LogP contribution in [0.15, 0.2) is 48.5 Å². The van der Waals surface area contributed by atoms with Crippen molar-refractivity contribution < 1.29 is 14.7 Å². The number of ether oxygens (including phenoxy) is 1. The van der Waals surface area contributed by atoms with Gasteiger partial charge < -0.3 is 4.74 Å². The number of carbonyl (C=O) groups is 1. The standard InChI is InChI=1S/C18H20N2O3/c21-18(19-22)16-6-7-17-15(12-16)8-9-20(10-11-23-17)13-14-4-2-1-3-5-14/h1-7,12,22H,8-11,13H2,(H,19,21). The average molecular weight is 312 g/mol. The summed E-state index contributed by atoms with van der Waals surface area (Å²) in [5.41, 5.74) is 4.37. The molecule has 1 heterocycles. The Hall–Kier alpha value is -2.37. The fourth-order valence-corrected chi connectivity index (χ4v) is 2.80. The first kappa shape index (κ1) is 15.5. The first-order valence-electron chi connectivity index (χ1n) is 7.73. The molecule has 0 spiro atoms. The molecule has 1 aliphatic heterocycles. The number of benzene rings is 2. The second kappa shape index (κ2) is 7.26. The Morgan fingerprint density at radius 1 is 1.17 bits per heavy atom. The second-order valence-corrected chi connectivity index (χ2v) is 5.62. The minimum atomic E-state index is -0.504. The Labute approximate surface area is 135 Å². The summed E-state index contributed by atoms with van der Waals surface area (Å²) in [6, 6.07) is 15.6. The SMILES string of the molecule is O=C(NO)c1ccc2c(c1)CCN(Cc1ccccc1)CCO2. The maximum Gasteiger partial charge on any atom is 0.274 e. The summed E-state index contributed by atoms with van der Waals surface area (Å²) in [6.07, 6.45) is 0.800. The van der Waals surface area contributed by atoms with E-state index in [0.717, 1.165) is 37.4 Å². The van der Waals surface area contributed by atoms with E-state index in [2.05, 4.69) is 17.0 Å². The summed E-state index contributed by atoms with van der Waals surface area (Å²) in [5, 5.41) is 8.76. The molecule has 5 heteroatoms. The van der Waals surface area contributed by atoms with Gasteiger partial charge in [0.2, 0.25) is 0 Å². The summed E-state index contributed by atoms with van der Waals surface area (Å²) < 4.78 is 5.83. The van der Waals surface area contributed by atoms with Crippen LogP contribution < -0.4 is 10.2 Å². The van der Waals surface area contributed by atoms with Crippen LogP contribution in [0.1, 0.15) is 21.5 Å². The largest absolute Gasteiger partial charge is 0.492 e. The predicted molar refractivity (Wildman–Crippen MR) is 86.6 cm³/mol. The molecular weight excluding hydrogens is 292 g/mol. The molecule has 1 amide bonds. The highest BCUT2D eigenvalue weighted by Gasteiger charge is 2.15. The predicted octanol–water partition coefficient (Wildman–Crippen LogP) is 2.24. The first-order valence-corrected chi connectivity index (χ1v) is 7.73. The van der Waals surface area contributed by atoms with Gasteiger partial charge in [0.05, 0.1) is 0 Å². The summed E-state index contributed by atoms with van der Waals surface area (Å²) >= 11 is 0. The highest BCUT2D eigenvalue weighted by atomic mass is 16.5. The summed E-state index contributed by atoms with van der Waals surface area (Å²) in [4.78, 5) is 13.9. The molecule has 23 heavy (non-hydrogen) atoms. The molecule has 3 rings (SSSR count). The van der Waals surface area contributed by atoms with E-state index in [0.29, 0.717) is 12.2 Å². The number of hydroxylamine groups is 1. The van der Waals surface area contributed by atoms with Gasteiger partial charge in [-0.15, -0.1) is 0 Å². The maximum absolute atomic E-state index is 11.5. The second-order valence-electron chi connectivity index (χ2n) is 5.62. The number of fused-ring (bicyclic) bond motifs is 1. The molecule has 0 unspecified atom stereocenters. The number of nitrogens with one attached hydrogen (secondary N) is 1. The third-order valence-corrected chi connectivity index (χ3v) is 4.04. The Morgan fingerprint density at radius 2 is 2.00 bits per heavy atom. The van der Waals surface area contributed by atoms with Crippen molar-refractivity contribution >= 4 is 5.91 Å². The molecule has 0 fully saturated rings. The van der Waals surface area contributed by atoms with E-state index < -0.39 is 5.91 Å². The van der Waals surface area contributed by atoms with Crippen molar-refractivity contribution in [3.05, 3.63) is 65.2 Å². The number of nitrogens with zero attached hydrogens (tertiary/aromatic N) is 1. The van der Waals surface area contributed by atoms with Crippen LogP contribution in [0.25, 0.3) is 0 Å². The van der Waals surface area contributed by atoms with E-state index in [1.807, 2.05) is 18.2 Å². The van der Waals surface area contributed by atoms with Crippen molar-refractivity contribution in [1.82, 2.24) is 10.4 Å². The zero-order valence-electron chi connectivity index (χ0n) is 12.9. The monoisotopic (exact) mass is 312 g/mol. The minimum absolute atomic E-state index is 0.435. The smallest absolute Gasteiger partial charge is 0.274 e. The highest BCUT2D eigenvalue weighted by Crippen LogP contribution is 2.23. The number of amides is 1. The maximum atomic E-state index is 11.5. The molecule has 0 saturated heterocycles. The number of hydrogen-bond donors (Lipinski definition) is 2.